The van der Waals surface area contributed by atoms with Crippen LogP contribution in [0.2, 0.25) is 0 Å². The molecule has 0 bridgehead atoms. The molecular formula is C13H17FN4O. The first kappa shape index (κ1) is 13.3. The molecule has 0 aliphatic rings. The first-order chi connectivity index (χ1) is 9.19. The molecule has 0 radical (unpaired) electrons. The van der Waals surface area contributed by atoms with E-state index in [9.17, 15) is 4.39 Å². The van der Waals surface area contributed by atoms with Crippen molar-refractivity contribution in [1.29, 1.82) is 0 Å². The number of hydrogen-bond donors (Lipinski definition) is 2. The van der Waals surface area contributed by atoms with Gasteiger partial charge in [0.15, 0.2) is 11.6 Å². The second-order valence-electron chi connectivity index (χ2n) is 4.25. The summed E-state index contributed by atoms with van der Waals surface area (Å²) >= 11 is 0. The van der Waals surface area contributed by atoms with E-state index in [-0.39, 0.29) is 11.9 Å². The molecule has 1 unspecified atom stereocenters. The Morgan fingerprint density at radius 1 is 1.47 bits per heavy atom. The number of rotatable bonds is 6. The van der Waals surface area contributed by atoms with Crippen LogP contribution in [0, 0.1) is 5.82 Å². The first-order valence-corrected chi connectivity index (χ1v) is 6.24. The minimum absolute atomic E-state index is 0.00465. The fourth-order valence-corrected chi connectivity index (χ4v) is 1.73. The summed E-state index contributed by atoms with van der Waals surface area (Å²) in [5, 5.41) is 5.97. The van der Waals surface area contributed by atoms with Gasteiger partial charge in [0.1, 0.15) is 5.76 Å². The van der Waals surface area contributed by atoms with E-state index in [0.717, 1.165) is 12.0 Å². The summed E-state index contributed by atoms with van der Waals surface area (Å²) in [7, 11) is 0. The van der Waals surface area contributed by atoms with Gasteiger partial charge in [0.25, 0.3) is 0 Å². The average molecular weight is 264 g/mol. The lowest BCUT2D eigenvalue weighted by atomic mass is 10.2. The lowest BCUT2D eigenvalue weighted by molar-refractivity contribution is 0.496. The molecular weight excluding hydrogens is 247 g/mol. The van der Waals surface area contributed by atoms with E-state index < -0.39 is 5.82 Å². The molecule has 2 N–H and O–H groups in total. The second-order valence-corrected chi connectivity index (χ2v) is 4.25. The monoisotopic (exact) mass is 264 g/mol. The Morgan fingerprint density at radius 2 is 2.32 bits per heavy atom. The van der Waals surface area contributed by atoms with Crippen LogP contribution in [0.3, 0.4) is 0 Å². The number of halogens is 1. The third-order valence-electron chi connectivity index (χ3n) is 2.55. The molecule has 2 heterocycles. The normalized spacial score (nSPS) is 12.2. The number of nitrogens with one attached hydrogen (secondary N) is 2. The summed E-state index contributed by atoms with van der Waals surface area (Å²) in [6.45, 7) is 4.56. The van der Waals surface area contributed by atoms with Gasteiger partial charge in [-0.15, -0.1) is 0 Å². The zero-order valence-electron chi connectivity index (χ0n) is 11.0. The Hall–Kier alpha value is -2.11. The van der Waals surface area contributed by atoms with E-state index in [1.807, 2.05) is 26.0 Å². The van der Waals surface area contributed by atoms with Crippen LogP contribution in [0.5, 0.6) is 0 Å². The Morgan fingerprint density at radius 3 is 3.00 bits per heavy atom. The number of aromatic nitrogens is 2. The van der Waals surface area contributed by atoms with Gasteiger partial charge in [-0.2, -0.15) is 4.98 Å². The summed E-state index contributed by atoms with van der Waals surface area (Å²) in [5.74, 6) is 0.996. The zero-order valence-corrected chi connectivity index (χ0v) is 11.0. The van der Waals surface area contributed by atoms with Gasteiger partial charge in [0.2, 0.25) is 5.95 Å². The summed E-state index contributed by atoms with van der Waals surface area (Å²) in [6.07, 6.45) is 3.44. The second kappa shape index (κ2) is 6.17. The summed E-state index contributed by atoms with van der Waals surface area (Å²) in [5.41, 5.74) is 0. The van der Waals surface area contributed by atoms with Crippen molar-refractivity contribution in [3.63, 3.8) is 0 Å². The average Bonchev–Trinajstić information content (AvgIpc) is 2.86. The van der Waals surface area contributed by atoms with E-state index in [2.05, 4.69) is 20.6 Å². The van der Waals surface area contributed by atoms with Crippen molar-refractivity contribution in [2.75, 3.05) is 17.2 Å². The number of furan rings is 1. The molecule has 2 rings (SSSR count). The largest absolute Gasteiger partial charge is 0.469 e. The number of nitrogens with zero attached hydrogens (tertiary/aromatic N) is 2. The van der Waals surface area contributed by atoms with Gasteiger partial charge in [0, 0.05) is 19.0 Å². The fraction of sp³-hybridized carbons (Fsp3) is 0.385. The van der Waals surface area contributed by atoms with E-state index in [1.165, 1.54) is 0 Å². The maximum Gasteiger partial charge on any atom is 0.224 e. The Bertz CT molecular complexity index is 515. The molecule has 2 aromatic heterocycles. The Kier molecular flexibility index (Phi) is 4.33. The van der Waals surface area contributed by atoms with Crippen molar-refractivity contribution in [3.05, 3.63) is 36.2 Å². The van der Waals surface area contributed by atoms with E-state index in [0.29, 0.717) is 18.9 Å². The van der Waals surface area contributed by atoms with Crippen molar-refractivity contribution in [2.45, 2.75) is 26.3 Å². The highest BCUT2D eigenvalue weighted by Crippen LogP contribution is 2.14. The molecule has 0 amide bonds. The smallest absolute Gasteiger partial charge is 0.224 e. The van der Waals surface area contributed by atoms with Crippen LogP contribution in [0.25, 0.3) is 0 Å². The zero-order chi connectivity index (χ0) is 13.7. The topological polar surface area (TPSA) is 63.0 Å². The van der Waals surface area contributed by atoms with Gasteiger partial charge in [-0.1, -0.05) is 0 Å². The van der Waals surface area contributed by atoms with Crippen molar-refractivity contribution in [2.24, 2.45) is 0 Å². The molecule has 0 aliphatic heterocycles. The van der Waals surface area contributed by atoms with Crippen LogP contribution >= 0.6 is 0 Å². The lowest BCUT2D eigenvalue weighted by Crippen LogP contribution is -2.20. The molecule has 2 aromatic rings. The van der Waals surface area contributed by atoms with Crippen LogP contribution < -0.4 is 10.6 Å². The molecule has 0 aliphatic carbocycles. The van der Waals surface area contributed by atoms with Crippen LogP contribution in [0.4, 0.5) is 16.2 Å². The van der Waals surface area contributed by atoms with Crippen molar-refractivity contribution >= 4 is 11.8 Å². The van der Waals surface area contributed by atoms with Crippen LogP contribution in [0.15, 0.2) is 29.0 Å². The molecule has 19 heavy (non-hydrogen) atoms. The summed E-state index contributed by atoms with van der Waals surface area (Å²) in [6, 6.07) is 3.72. The lowest BCUT2D eigenvalue weighted by Gasteiger charge is -2.14. The van der Waals surface area contributed by atoms with E-state index in [4.69, 9.17) is 4.42 Å². The molecule has 0 aromatic carbocycles. The fourth-order valence-electron chi connectivity index (χ4n) is 1.73. The minimum Gasteiger partial charge on any atom is -0.469 e. The van der Waals surface area contributed by atoms with Crippen molar-refractivity contribution in [1.82, 2.24) is 9.97 Å². The molecule has 0 spiro atoms. The predicted octanol–water partition coefficient (Wildman–Crippen LogP) is 2.68. The summed E-state index contributed by atoms with van der Waals surface area (Å²) in [4.78, 5) is 7.95. The van der Waals surface area contributed by atoms with Crippen molar-refractivity contribution < 1.29 is 8.81 Å². The van der Waals surface area contributed by atoms with E-state index >= 15 is 0 Å². The van der Waals surface area contributed by atoms with Crippen molar-refractivity contribution in [3.8, 4) is 0 Å². The summed E-state index contributed by atoms with van der Waals surface area (Å²) < 4.78 is 18.9. The van der Waals surface area contributed by atoms with Gasteiger partial charge in [-0.25, -0.2) is 9.37 Å². The van der Waals surface area contributed by atoms with Gasteiger partial charge in [0.05, 0.1) is 12.5 Å². The molecule has 6 heteroatoms. The molecule has 1 atom stereocenters. The minimum atomic E-state index is -0.465. The predicted molar refractivity (Wildman–Crippen MR) is 71.7 cm³/mol. The van der Waals surface area contributed by atoms with Gasteiger partial charge >= 0.3 is 0 Å². The third kappa shape index (κ3) is 3.67. The first-order valence-electron chi connectivity index (χ1n) is 6.24. The van der Waals surface area contributed by atoms with Crippen LogP contribution in [-0.4, -0.2) is 22.6 Å². The quantitative estimate of drug-likeness (QED) is 0.840. The van der Waals surface area contributed by atoms with Gasteiger partial charge in [-0.05, 0) is 26.0 Å². The highest BCUT2D eigenvalue weighted by molar-refractivity contribution is 5.41. The maximum absolute atomic E-state index is 13.6. The third-order valence-corrected chi connectivity index (χ3v) is 2.55. The molecule has 102 valence electrons. The maximum atomic E-state index is 13.6. The van der Waals surface area contributed by atoms with E-state index in [1.54, 1.807) is 6.26 Å². The standard InChI is InChI=1S/C13H17FN4O/c1-3-15-13-16-8-11(14)12(18-13)17-9(2)7-10-5-4-6-19-10/h4-6,8-9H,3,7H2,1-2H3,(H2,15,16,17,18). The number of hydrogen-bond acceptors (Lipinski definition) is 5. The van der Waals surface area contributed by atoms with Crippen LogP contribution in [0.1, 0.15) is 19.6 Å². The Balaban J connectivity index is 2.02. The number of anilines is 2. The van der Waals surface area contributed by atoms with Crippen LogP contribution in [-0.2, 0) is 6.42 Å². The van der Waals surface area contributed by atoms with Gasteiger partial charge in [-0.3, -0.25) is 0 Å². The molecule has 0 saturated heterocycles. The SMILES string of the molecule is CCNc1ncc(F)c(NC(C)Cc2ccco2)n1. The molecule has 0 saturated carbocycles. The Labute approximate surface area is 111 Å². The molecule has 0 fully saturated rings. The highest BCUT2D eigenvalue weighted by atomic mass is 19.1. The molecule has 5 nitrogen and oxygen atoms in total. The van der Waals surface area contributed by atoms with Gasteiger partial charge < -0.3 is 15.1 Å². The highest BCUT2D eigenvalue weighted by Gasteiger charge is 2.11.